The lowest BCUT2D eigenvalue weighted by atomic mass is 9.97. The van der Waals surface area contributed by atoms with Gasteiger partial charge < -0.3 is 15.5 Å². The van der Waals surface area contributed by atoms with Crippen LogP contribution in [0.15, 0.2) is 36.4 Å². The number of hydrogen-bond acceptors (Lipinski definition) is 5. The van der Waals surface area contributed by atoms with Crippen LogP contribution in [-0.4, -0.2) is 42.5 Å². The van der Waals surface area contributed by atoms with Crippen LogP contribution in [0.1, 0.15) is 35.3 Å². The second-order valence-corrected chi connectivity index (χ2v) is 8.49. The van der Waals surface area contributed by atoms with Gasteiger partial charge in [0, 0.05) is 36.1 Å². The second-order valence-electron chi connectivity index (χ2n) is 8.49. The predicted molar refractivity (Wildman–Crippen MR) is 130 cm³/mol. The van der Waals surface area contributed by atoms with Crippen LogP contribution < -0.4 is 15.5 Å². The topological polar surface area (TPSA) is 53.1 Å². The summed E-state index contributed by atoms with van der Waals surface area (Å²) in [6.07, 6.45) is -5.39. The Kier molecular flexibility index (Phi) is 7.88. The van der Waals surface area contributed by atoms with Gasteiger partial charge in [0.2, 0.25) is 0 Å². The number of rotatable bonds is 4. The zero-order valence-electron chi connectivity index (χ0n) is 19.2. The molecule has 0 saturated carbocycles. The van der Waals surface area contributed by atoms with E-state index in [4.69, 9.17) is 0 Å². The van der Waals surface area contributed by atoms with Crippen LogP contribution in [0.3, 0.4) is 0 Å². The number of alkyl halides is 4. The fourth-order valence-electron chi connectivity index (χ4n) is 4.39. The highest BCUT2D eigenvalue weighted by molar-refractivity contribution is 5.95. The van der Waals surface area contributed by atoms with Crippen molar-refractivity contribution in [3.63, 3.8) is 0 Å². The number of hydrogen-bond donors (Lipinski definition) is 2. The third kappa shape index (κ3) is 5.36. The molecule has 0 spiro atoms. The largest absolute Gasteiger partial charge is 0.416 e. The Bertz CT molecular complexity index is 1150. The molecule has 2 aromatic carbocycles. The van der Waals surface area contributed by atoms with Crippen molar-refractivity contribution in [3.8, 4) is 0 Å². The number of benzene rings is 2. The van der Waals surface area contributed by atoms with E-state index >= 15 is 0 Å². The van der Waals surface area contributed by atoms with Gasteiger partial charge >= 0.3 is 6.18 Å². The Labute approximate surface area is 202 Å². The molecule has 4 rings (SSSR count). The molecule has 1 saturated heterocycles. The summed E-state index contributed by atoms with van der Waals surface area (Å²) in [5, 5.41) is 16.6. The van der Waals surface area contributed by atoms with Crippen LogP contribution in [0.25, 0.3) is 10.8 Å². The van der Waals surface area contributed by atoms with E-state index in [9.17, 15) is 17.6 Å². The van der Waals surface area contributed by atoms with E-state index in [1.54, 1.807) is 13.0 Å². The molecule has 34 heavy (non-hydrogen) atoms. The molecule has 1 aliphatic rings. The van der Waals surface area contributed by atoms with Crippen LogP contribution in [0.2, 0.25) is 0 Å². The number of anilines is 2. The van der Waals surface area contributed by atoms with E-state index in [-0.39, 0.29) is 18.0 Å². The molecule has 0 radical (unpaired) electrons. The molecule has 0 unspecified atom stereocenters. The fourth-order valence-corrected chi connectivity index (χ4v) is 4.39. The molecule has 2 N–H and O–H groups in total. The Morgan fingerprint density at radius 1 is 1.12 bits per heavy atom. The van der Waals surface area contributed by atoms with Gasteiger partial charge in [-0.25, -0.2) is 4.39 Å². The molecule has 0 amide bonds. The first kappa shape index (κ1) is 26.0. The number of nitrogens with zero attached hydrogens (tertiary/aromatic N) is 3. The van der Waals surface area contributed by atoms with Gasteiger partial charge in [0.15, 0.2) is 5.82 Å². The monoisotopic (exact) mass is 497 g/mol. The maximum atomic E-state index is 14.1. The SMILES string of the molecule is Cc1c([C@@H](C)Nc2nnc(C)c3ccc(N4CCNC[C@@H](F)C4)cc23)cccc1C(F)(F)F.Cl. The smallest absolute Gasteiger partial charge is 0.367 e. The Morgan fingerprint density at radius 3 is 2.62 bits per heavy atom. The van der Waals surface area contributed by atoms with E-state index in [0.717, 1.165) is 28.2 Å². The van der Waals surface area contributed by atoms with E-state index in [0.29, 0.717) is 37.6 Å². The van der Waals surface area contributed by atoms with Crippen molar-refractivity contribution in [1.82, 2.24) is 15.5 Å². The first-order valence-electron chi connectivity index (χ1n) is 10.9. The molecule has 1 aromatic heterocycles. The molecule has 2 atom stereocenters. The summed E-state index contributed by atoms with van der Waals surface area (Å²) in [5.41, 5.74) is 1.68. The molecular weight excluding hydrogens is 470 g/mol. The lowest BCUT2D eigenvalue weighted by Crippen LogP contribution is -2.30. The summed E-state index contributed by atoms with van der Waals surface area (Å²) in [7, 11) is 0. The minimum atomic E-state index is -4.42. The third-order valence-electron chi connectivity index (χ3n) is 6.16. The second kappa shape index (κ2) is 10.3. The highest BCUT2D eigenvalue weighted by Crippen LogP contribution is 2.36. The number of aromatic nitrogens is 2. The summed E-state index contributed by atoms with van der Waals surface area (Å²) in [4.78, 5) is 1.99. The van der Waals surface area contributed by atoms with Gasteiger partial charge in [-0.15, -0.1) is 17.5 Å². The van der Waals surface area contributed by atoms with Crippen molar-refractivity contribution in [1.29, 1.82) is 0 Å². The standard InChI is InChI=1S/C24H27F4N5.ClH/c1-14-19(5-4-6-22(14)24(26,27)28)15(2)30-23-21-11-18(7-8-20(21)16(3)31-32-23)33-10-9-29-12-17(25)13-33;/h4-8,11,15,17,29H,9-10,12-13H2,1-3H3,(H,30,32);1H/t15-,17-;/m1./s1. The maximum absolute atomic E-state index is 14.1. The first-order chi connectivity index (χ1) is 15.6. The van der Waals surface area contributed by atoms with Crippen molar-refractivity contribution in [3.05, 3.63) is 58.8 Å². The number of aryl methyl sites for hydroxylation is 1. The summed E-state index contributed by atoms with van der Waals surface area (Å²) in [6, 6.07) is 9.58. The summed E-state index contributed by atoms with van der Waals surface area (Å²) >= 11 is 0. The minimum absolute atomic E-state index is 0. The average Bonchev–Trinajstić information content (AvgIpc) is 2.99. The molecule has 184 valence electrons. The van der Waals surface area contributed by atoms with Crippen LogP contribution in [-0.2, 0) is 6.18 Å². The van der Waals surface area contributed by atoms with Gasteiger partial charge in [-0.05, 0) is 50.1 Å². The normalized spacial score (nSPS) is 17.7. The highest BCUT2D eigenvalue weighted by Gasteiger charge is 2.33. The van der Waals surface area contributed by atoms with E-state index in [1.807, 2.05) is 30.0 Å². The quantitative estimate of drug-likeness (QED) is 0.459. The zero-order chi connectivity index (χ0) is 23.8. The van der Waals surface area contributed by atoms with E-state index < -0.39 is 24.0 Å². The van der Waals surface area contributed by atoms with Crippen molar-refractivity contribution in [2.45, 2.75) is 39.2 Å². The van der Waals surface area contributed by atoms with Crippen molar-refractivity contribution < 1.29 is 17.6 Å². The van der Waals surface area contributed by atoms with Gasteiger partial charge in [0.25, 0.3) is 0 Å². The minimum Gasteiger partial charge on any atom is -0.367 e. The van der Waals surface area contributed by atoms with Gasteiger partial charge in [-0.2, -0.15) is 18.3 Å². The van der Waals surface area contributed by atoms with Gasteiger partial charge in [-0.1, -0.05) is 18.2 Å². The molecule has 5 nitrogen and oxygen atoms in total. The molecule has 1 aliphatic heterocycles. The molecule has 10 heteroatoms. The molecule has 2 heterocycles. The van der Waals surface area contributed by atoms with Crippen LogP contribution in [0, 0.1) is 13.8 Å². The van der Waals surface area contributed by atoms with Crippen LogP contribution in [0.4, 0.5) is 29.1 Å². The molecule has 0 aliphatic carbocycles. The number of nitrogens with one attached hydrogen (secondary N) is 2. The Morgan fingerprint density at radius 2 is 1.88 bits per heavy atom. The number of halogens is 5. The number of fused-ring (bicyclic) bond motifs is 1. The van der Waals surface area contributed by atoms with E-state index in [1.165, 1.54) is 13.0 Å². The molecule has 0 bridgehead atoms. The predicted octanol–water partition coefficient (Wildman–Crippen LogP) is 5.61. The van der Waals surface area contributed by atoms with Crippen molar-refractivity contribution >= 4 is 34.7 Å². The zero-order valence-corrected chi connectivity index (χ0v) is 20.0. The third-order valence-corrected chi connectivity index (χ3v) is 6.16. The molecular formula is C24H28ClF4N5. The van der Waals surface area contributed by atoms with Crippen molar-refractivity contribution in [2.75, 3.05) is 36.4 Å². The maximum Gasteiger partial charge on any atom is 0.416 e. The first-order valence-corrected chi connectivity index (χ1v) is 10.9. The summed E-state index contributed by atoms with van der Waals surface area (Å²) in [6.45, 7) is 7.11. The average molecular weight is 498 g/mol. The lowest BCUT2D eigenvalue weighted by Gasteiger charge is -2.24. The Balaban J connectivity index is 0.00000324. The van der Waals surface area contributed by atoms with Gasteiger partial charge in [0.1, 0.15) is 6.17 Å². The van der Waals surface area contributed by atoms with E-state index in [2.05, 4.69) is 20.8 Å². The fraction of sp³-hybridized carbons (Fsp3) is 0.417. The van der Waals surface area contributed by atoms with Gasteiger partial charge in [-0.3, -0.25) is 0 Å². The van der Waals surface area contributed by atoms with Crippen molar-refractivity contribution in [2.24, 2.45) is 0 Å². The Hall–Kier alpha value is -2.65. The lowest BCUT2D eigenvalue weighted by molar-refractivity contribution is -0.138. The highest BCUT2D eigenvalue weighted by atomic mass is 35.5. The van der Waals surface area contributed by atoms with Gasteiger partial charge in [0.05, 0.1) is 23.8 Å². The molecule has 3 aromatic rings. The molecule has 1 fully saturated rings. The summed E-state index contributed by atoms with van der Waals surface area (Å²) in [5.74, 6) is 0.478. The van der Waals surface area contributed by atoms with Crippen LogP contribution in [0.5, 0.6) is 0 Å². The summed E-state index contributed by atoms with van der Waals surface area (Å²) < 4.78 is 54.2. The van der Waals surface area contributed by atoms with Crippen LogP contribution >= 0.6 is 12.4 Å².